The van der Waals surface area contributed by atoms with E-state index in [-0.39, 0.29) is 59.9 Å². The van der Waals surface area contributed by atoms with Crippen LogP contribution >= 0.6 is 0 Å². The topological polar surface area (TPSA) is 155 Å². The first-order chi connectivity index (χ1) is 23.4. The lowest BCUT2D eigenvalue weighted by Gasteiger charge is -2.44. The van der Waals surface area contributed by atoms with Crippen LogP contribution in [0.4, 0.5) is 19.0 Å². The van der Waals surface area contributed by atoms with Crippen LogP contribution in [0.15, 0.2) is 24.5 Å². The summed E-state index contributed by atoms with van der Waals surface area (Å²) in [4.78, 5) is 51.6. The van der Waals surface area contributed by atoms with Crippen LogP contribution in [0.5, 0.6) is 0 Å². The molecule has 2 aromatic rings. The van der Waals surface area contributed by atoms with Crippen molar-refractivity contribution in [2.75, 3.05) is 45.2 Å². The Hall–Kier alpha value is -3.56. The lowest BCUT2D eigenvalue weighted by molar-refractivity contribution is -0.137. The van der Waals surface area contributed by atoms with Crippen molar-refractivity contribution in [3.63, 3.8) is 0 Å². The molecule has 1 saturated heterocycles. The highest BCUT2D eigenvalue weighted by atomic mass is 19.4. The van der Waals surface area contributed by atoms with Crippen LogP contribution in [0.2, 0.25) is 0 Å². The Balaban J connectivity index is 1.35. The van der Waals surface area contributed by atoms with Crippen molar-refractivity contribution in [2.45, 2.75) is 108 Å². The van der Waals surface area contributed by atoms with Gasteiger partial charge in [0.2, 0.25) is 17.7 Å². The van der Waals surface area contributed by atoms with E-state index in [0.717, 1.165) is 25.0 Å². The van der Waals surface area contributed by atoms with E-state index in [9.17, 15) is 27.6 Å². The third-order valence-electron chi connectivity index (χ3n) is 9.52. The molecular weight excluding hydrogens is 641 g/mol. The number of anilines is 1. The molecule has 0 radical (unpaired) electrons. The molecule has 12 nitrogen and oxygen atoms in total. The fourth-order valence-electron chi connectivity index (χ4n) is 6.60. The Morgan fingerprint density at radius 1 is 1.08 bits per heavy atom. The zero-order chi connectivity index (χ0) is 35.6. The molecule has 0 bridgehead atoms. The molecule has 1 aliphatic carbocycles. The normalized spacial score (nSPS) is 21.5. The van der Waals surface area contributed by atoms with E-state index in [4.69, 9.17) is 10.5 Å². The number of amides is 3. The minimum atomic E-state index is -4.53. The molecule has 4 rings (SSSR count). The summed E-state index contributed by atoms with van der Waals surface area (Å²) in [6.07, 6.45) is 1.68. The first kappa shape index (κ1) is 38.2. The first-order valence-electron chi connectivity index (χ1n) is 17.3. The van der Waals surface area contributed by atoms with Crippen molar-refractivity contribution in [3.8, 4) is 0 Å². The second-order valence-corrected chi connectivity index (χ2v) is 13.2. The number of ether oxygens (including phenoxy) is 1. The minimum Gasteiger partial charge on any atom is -0.381 e. The number of hydrogen-bond donors (Lipinski definition) is 4. The highest BCUT2D eigenvalue weighted by Crippen LogP contribution is 2.34. The number of nitrogens with two attached hydrogens (primary N) is 1. The number of benzene rings is 1. The summed E-state index contributed by atoms with van der Waals surface area (Å²) in [5.74, 6) is -0.294. The summed E-state index contributed by atoms with van der Waals surface area (Å²) in [7, 11) is 2.07. The van der Waals surface area contributed by atoms with E-state index in [2.05, 4.69) is 51.7 Å². The average Bonchev–Trinajstić information content (AvgIpc) is 3.42. The first-order valence-corrected chi connectivity index (χ1v) is 17.3. The van der Waals surface area contributed by atoms with Crippen LogP contribution in [0.3, 0.4) is 0 Å². The van der Waals surface area contributed by atoms with Gasteiger partial charge in [-0.1, -0.05) is 0 Å². The average molecular weight is 693 g/mol. The lowest BCUT2D eigenvalue weighted by atomic mass is 9.84. The summed E-state index contributed by atoms with van der Waals surface area (Å²) >= 11 is 0. The Morgan fingerprint density at radius 2 is 1.84 bits per heavy atom. The van der Waals surface area contributed by atoms with Crippen LogP contribution in [0.1, 0.15) is 77.2 Å². The highest BCUT2D eigenvalue weighted by molar-refractivity contribution is 5.93. The number of fused-ring (bicyclic) bond motifs is 1. The van der Waals surface area contributed by atoms with Crippen molar-refractivity contribution in [2.24, 2.45) is 5.73 Å². The van der Waals surface area contributed by atoms with Gasteiger partial charge in [0.15, 0.2) is 0 Å². The lowest BCUT2D eigenvalue weighted by Crippen LogP contribution is -2.58. The third kappa shape index (κ3) is 10.7. The molecule has 0 spiro atoms. The van der Waals surface area contributed by atoms with Gasteiger partial charge in [-0.3, -0.25) is 14.4 Å². The van der Waals surface area contributed by atoms with Crippen LogP contribution in [-0.4, -0.2) is 108 Å². The molecule has 2 fully saturated rings. The van der Waals surface area contributed by atoms with E-state index in [1.54, 1.807) is 4.90 Å². The largest absolute Gasteiger partial charge is 0.416 e. The number of aromatic nitrogens is 2. The maximum absolute atomic E-state index is 13.8. The number of halogens is 3. The molecule has 15 heteroatoms. The van der Waals surface area contributed by atoms with Gasteiger partial charge in [0.1, 0.15) is 18.2 Å². The molecule has 0 unspecified atom stereocenters. The Bertz CT molecular complexity index is 1410. The van der Waals surface area contributed by atoms with Crippen LogP contribution in [-0.2, 0) is 25.3 Å². The molecule has 1 aromatic heterocycles. The van der Waals surface area contributed by atoms with E-state index < -0.39 is 17.8 Å². The second kappa shape index (κ2) is 17.9. The SMILES string of the molecule is CC(C)N(C)[C@@H]1CC[C@H](N2CC[C@H](Nc3ncnc4ccc(C(F)(F)F)cc34)C2=O)[C@H](NC(=O)CCCC(=O)NCCCOCCCN)C1. The number of nitrogens with zero attached hydrogens (tertiary/aromatic N) is 4. The minimum absolute atomic E-state index is 0.115. The molecule has 5 N–H and O–H groups in total. The molecule has 2 aliphatic rings. The molecule has 49 heavy (non-hydrogen) atoms. The van der Waals surface area contributed by atoms with Gasteiger partial charge < -0.3 is 36.2 Å². The van der Waals surface area contributed by atoms with Gasteiger partial charge in [-0.2, -0.15) is 13.2 Å². The number of carbonyl (C=O) groups excluding carboxylic acids is 3. The monoisotopic (exact) mass is 692 g/mol. The number of carbonyl (C=O) groups is 3. The van der Waals surface area contributed by atoms with Gasteiger partial charge in [0.25, 0.3) is 0 Å². The summed E-state index contributed by atoms with van der Waals surface area (Å²) < 4.78 is 45.8. The number of nitrogens with one attached hydrogen (secondary N) is 3. The maximum Gasteiger partial charge on any atom is 0.416 e. The van der Waals surface area contributed by atoms with Crippen molar-refractivity contribution in [1.82, 2.24) is 30.4 Å². The van der Waals surface area contributed by atoms with Crippen LogP contribution < -0.4 is 21.7 Å². The van der Waals surface area contributed by atoms with E-state index in [1.165, 1.54) is 12.4 Å². The maximum atomic E-state index is 13.8. The summed E-state index contributed by atoms with van der Waals surface area (Å²) in [5.41, 5.74) is 4.96. The molecule has 1 aliphatic heterocycles. The van der Waals surface area contributed by atoms with Crippen molar-refractivity contribution < 1.29 is 32.3 Å². The summed E-state index contributed by atoms with van der Waals surface area (Å²) in [6, 6.07) is 2.57. The summed E-state index contributed by atoms with van der Waals surface area (Å²) in [5, 5.41) is 9.32. The van der Waals surface area contributed by atoms with E-state index in [1.807, 2.05) is 0 Å². The van der Waals surface area contributed by atoms with E-state index >= 15 is 0 Å². The number of hydrogen-bond acceptors (Lipinski definition) is 9. The molecule has 4 atom stereocenters. The van der Waals surface area contributed by atoms with Gasteiger partial charge in [-0.15, -0.1) is 0 Å². The third-order valence-corrected chi connectivity index (χ3v) is 9.52. The Labute approximate surface area is 286 Å². The standard InChI is InChI=1S/C34H51F3N8O4/c1-22(2)44(3)24-10-12-29(28(20-24)42-31(47)8-4-7-30(46)39-15-6-18-49-17-5-14-38)45-16-13-27(33(45)48)43-32-25-19-23(34(35,36)37)9-11-26(25)40-21-41-32/h9,11,19,21-22,24,27-29H,4-8,10,12-18,20,38H2,1-3H3,(H,39,46)(H,42,47)(H,40,41,43)/t24-,27+,28-,29+/m1/s1. The highest BCUT2D eigenvalue weighted by Gasteiger charge is 2.43. The molecule has 2 heterocycles. The summed E-state index contributed by atoms with van der Waals surface area (Å²) in [6.45, 7) is 6.92. The smallest absolute Gasteiger partial charge is 0.381 e. The predicted molar refractivity (Wildman–Crippen MR) is 181 cm³/mol. The van der Waals surface area contributed by atoms with Gasteiger partial charge in [0.05, 0.1) is 23.2 Å². The quantitative estimate of drug-likeness (QED) is 0.183. The van der Waals surface area contributed by atoms with Crippen molar-refractivity contribution >= 4 is 34.4 Å². The number of alkyl halides is 3. The van der Waals surface area contributed by atoms with Crippen molar-refractivity contribution in [3.05, 3.63) is 30.1 Å². The van der Waals surface area contributed by atoms with E-state index in [0.29, 0.717) is 76.5 Å². The molecular formula is C34H51F3N8O4. The van der Waals surface area contributed by atoms with Gasteiger partial charge in [0, 0.05) is 56.6 Å². The van der Waals surface area contributed by atoms with Crippen LogP contribution in [0, 0.1) is 0 Å². The Kier molecular flexibility index (Phi) is 14.0. The van der Waals surface area contributed by atoms with Crippen molar-refractivity contribution in [1.29, 1.82) is 0 Å². The second-order valence-electron chi connectivity index (χ2n) is 13.2. The van der Waals surface area contributed by atoms with Gasteiger partial charge in [-0.05, 0) is 90.6 Å². The fraction of sp³-hybridized carbons (Fsp3) is 0.676. The molecule has 3 amide bonds. The number of rotatable bonds is 17. The molecule has 1 aromatic carbocycles. The molecule has 1 saturated carbocycles. The van der Waals surface area contributed by atoms with Gasteiger partial charge in [-0.25, -0.2) is 9.97 Å². The number of likely N-dealkylation sites (tertiary alicyclic amines) is 1. The van der Waals surface area contributed by atoms with Crippen LogP contribution in [0.25, 0.3) is 10.9 Å². The zero-order valence-corrected chi connectivity index (χ0v) is 28.7. The predicted octanol–water partition coefficient (Wildman–Crippen LogP) is 3.45. The molecule has 272 valence electrons. The zero-order valence-electron chi connectivity index (χ0n) is 28.7. The Morgan fingerprint density at radius 3 is 2.57 bits per heavy atom. The fourth-order valence-corrected chi connectivity index (χ4v) is 6.60. The van der Waals surface area contributed by atoms with Gasteiger partial charge >= 0.3 is 6.18 Å².